The van der Waals surface area contributed by atoms with Gasteiger partial charge in [-0.1, -0.05) is 6.07 Å². The fraction of sp³-hybridized carbons (Fsp3) is 0. The Hall–Kier alpha value is -2.43. The van der Waals surface area contributed by atoms with Crippen LogP contribution in [0.1, 0.15) is 5.56 Å². The van der Waals surface area contributed by atoms with Crippen LogP contribution < -0.4 is 11.5 Å². The number of hydrogen-bond acceptors (Lipinski definition) is 5. The SMILES string of the molecule is NC=C(C=O)c1ccc2ncnc(N)c2c1. The summed E-state index contributed by atoms with van der Waals surface area (Å²) in [6.07, 6.45) is 3.35. The molecule has 0 aliphatic rings. The third-order valence-electron chi connectivity index (χ3n) is 2.31. The summed E-state index contributed by atoms with van der Waals surface area (Å²) in [4.78, 5) is 18.7. The summed E-state index contributed by atoms with van der Waals surface area (Å²) in [6.45, 7) is 0. The molecule has 80 valence electrons. The van der Waals surface area contributed by atoms with Gasteiger partial charge in [0.15, 0.2) is 6.29 Å². The second-order valence-electron chi connectivity index (χ2n) is 3.23. The number of nitrogen functional groups attached to an aromatic ring is 1. The molecule has 0 atom stereocenters. The molecule has 5 heteroatoms. The van der Waals surface area contributed by atoms with Gasteiger partial charge in [-0.2, -0.15) is 0 Å². The first-order valence-corrected chi connectivity index (χ1v) is 4.64. The maximum atomic E-state index is 10.7. The minimum atomic E-state index is 0.383. The molecule has 1 heterocycles. The summed E-state index contributed by atoms with van der Waals surface area (Å²) in [7, 11) is 0. The third-order valence-corrected chi connectivity index (χ3v) is 2.31. The number of carbonyl (C=O) groups is 1. The zero-order chi connectivity index (χ0) is 11.5. The van der Waals surface area contributed by atoms with Gasteiger partial charge in [-0.15, -0.1) is 0 Å². The van der Waals surface area contributed by atoms with Crippen LogP contribution in [0.2, 0.25) is 0 Å². The molecule has 0 aliphatic carbocycles. The van der Waals surface area contributed by atoms with E-state index in [2.05, 4.69) is 9.97 Å². The van der Waals surface area contributed by atoms with E-state index in [1.165, 1.54) is 12.5 Å². The summed E-state index contributed by atoms with van der Waals surface area (Å²) < 4.78 is 0. The largest absolute Gasteiger partial charge is 0.404 e. The number of hydrogen-bond donors (Lipinski definition) is 2. The molecular formula is C11H10N4O. The number of allylic oxidation sites excluding steroid dienone is 1. The fourth-order valence-corrected chi connectivity index (χ4v) is 1.46. The molecule has 0 fully saturated rings. The molecule has 0 radical (unpaired) electrons. The normalized spacial score (nSPS) is 11.6. The molecule has 0 unspecified atom stereocenters. The lowest BCUT2D eigenvalue weighted by atomic mass is 10.1. The fourth-order valence-electron chi connectivity index (χ4n) is 1.46. The zero-order valence-electron chi connectivity index (χ0n) is 8.42. The summed E-state index contributed by atoms with van der Waals surface area (Å²) in [5.74, 6) is 0.383. The highest BCUT2D eigenvalue weighted by molar-refractivity contribution is 6.08. The van der Waals surface area contributed by atoms with Gasteiger partial charge in [0.2, 0.25) is 0 Å². The number of aldehydes is 1. The number of carbonyl (C=O) groups excluding carboxylic acids is 1. The predicted molar refractivity (Wildman–Crippen MR) is 62.2 cm³/mol. The second-order valence-corrected chi connectivity index (χ2v) is 3.23. The molecular weight excluding hydrogens is 204 g/mol. The minimum Gasteiger partial charge on any atom is -0.404 e. The van der Waals surface area contributed by atoms with Crippen molar-refractivity contribution >= 4 is 28.6 Å². The van der Waals surface area contributed by atoms with Gasteiger partial charge in [0.05, 0.1) is 5.52 Å². The van der Waals surface area contributed by atoms with Crippen LogP contribution in [0.3, 0.4) is 0 Å². The van der Waals surface area contributed by atoms with Crippen molar-refractivity contribution in [3.63, 3.8) is 0 Å². The zero-order valence-corrected chi connectivity index (χ0v) is 8.42. The van der Waals surface area contributed by atoms with Crippen molar-refractivity contribution in [3.8, 4) is 0 Å². The molecule has 1 aromatic carbocycles. The highest BCUT2D eigenvalue weighted by atomic mass is 16.1. The Morgan fingerprint density at radius 3 is 2.81 bits per heavy atom. The number of fused-ring (bicyclic) bond motifs is 1. The number of nitrogens with two attached hydrogens (primary N) is 2. The van der Waals surface area contributed by atoms with Gasteiger partial charge in [0.1, 0.15) is 12.1 Å². The first-order valence-electron chi connectivity index (χ1n) is 4.64. The van der Waals surface area contributed by atoms with Crippen molar-refractivity contribution in [1.82, 2.24) is 9.97 Å². The molecule has 0 bridgehead atoms. The highest BCUT2D eigenvalue weighted by Gasteiger charge is 2.04. The first-order chi connectivity index (χ1) is 7.76. The van der Waals surface area contributed by atoms with Gasteiger partial charge in [-0.3, -0.25) is 4.79 Å². The van der Waals surface area contributed by atoms with Crippen molar-refractivity contribution < 1.29 is 4.79 Å². The van der Waals surface area contributed by atoms with E-state index in [0.29, 0.717) is 28.6 Å². The quantitative estimate of drug-likeness (QED) is 0.567. The Morgan fingerprint density at radius 1 is 1.31 bits per heavy atom. The molecule has 0 amide bonds. The van der Waals surface area contributed by atoms with Crippen LogP contribution in [0.25, 0.3) is 16.5 Å². The van der Waals surface area contributed by atoms with Crippen molar-refractivity contribution in [2.45, 2.75) is 0 Å². The topological polar surface area (TPSA) is 94.9 Å². The average molecular weight is 214 g/mol. The molecule has 4 N–H and O–H groups in total. The lowest BCUT2D eigenvalue weighted by Gasteiger charge is -2.03. The smallest absolute Gasteiger partial charge is 0.152 e. The van der Waals surface area contributed by atoms with Gasteiger partial charge in [0.25, 0.3) is 0 Å². The van der Waals surface area contributed by atoms with E-state index in [9.17, 15) is 4.79 Å². The Labute approximate surface area is 91.8 Å². The van der Waals surface area contributed by atoms with Crippen molar-refractivity contribution in [3.05, 3.63) is 36.3 Å². The van der Waals surface area contributed by atoms with Gasteiger partial charge in [0, 0.05) is 17.2 Å². The van der Waals surface area contributed by atoms with Gasteiger partial charge in [-0.05, 0) is 17.7 Å². The van der Waals surface area contributed by atoms with Crippen LogP contribution >= 0.6 is 0 Å². The van der Waals surface area contributed by atoms with E-state index in [4.69, 9.17) is 11.5 Å². The summed E-state index contributed by atoms with van der Waals surface area (Å²) in [5, 5.41) is 0.709. The van der Waals surface area contributed by atoms with E-state index in [1.54, 1.807) is 18.2 Å². The number of nitrogens with zero attached hydrogens (tertiary/aromatic N) is 2. The lowest BCUT2D eigenvalue weighted by molar-refractivity contribution is -0.103. The Morgan fingerprint density at radius 2 is 2.12 bits per heavy atom. The van der Waals surface area contributed by atoms with E-state index < -0.39 is 0 Å². The summed E-state index contributed by atoms with van der Waals surface area (Å²) >= 11 is 0. The summed E-state index contributed by atoms with van der Waals surface area (Å²) in [6, 6.07) is 5.29. The van der Waals surface area contributed by atoms with Crippen LogP contribution in [0.15, 0.2) is 30.7 Å². The van der Waals surface area contributed by atoms with Gasteiger partial charge >= 0.3 is 0 Å². The molecule has 5 nitrogen and oxygen atoms in total. The molecule has 0 spiro atoms. The van der Waals surface area contributed by atoms with E-state index >= 15 is 0 Å². The van der Waals surface area contributed by atoms with Crippen LogP contribution in [0.4, 0.5) is 5.82 Å². The Kier molecular flexibility index (Phi) is 2.51. The molecule has 0 saturated carbocycles. The predicted octanol–water partition coefficient (Wildman–Crippen LogP) is 0.711. The molecule has 0 aliphatic heterocycles. The monoisotopic (exact) mass is 214 g/mol. The Balaban J connectivity index is 2.68. The van der Waals surface area contributed by atoms with Crippen LogP contribution in [-0.4, -0.2) is 16.3 Å². The molecule has 2 rings (SSSR count). The highest BCUT2D eigenvalue weighted by Crippen LogP contribution is 2.21. The summed E-state index contributed by atoms with van der Waals surface area (Å²) in [5.41, 5.74) is 12.9. The van der Waals surface area contributed by atoms with Crippen molar-refractivity contribution in [2.75, 3.05) is 5.73 Å². The number of rotatable bonds is 2. The number of anilines is 1. The van der Waals surface area contributed by atoms with E-state index in [-0.39, 0.29) is 0 Å². The maximum absolute atomic E-state index is 10.7. The third kappa shape index (κ3) is 1.58. The number of benzene rings is 1. The van der Waals surface area contributed by atoms with Crippen molar-refractivity contribution in [2.24, 2.45) is 5.73 Å². The average Bonchev–Trinajstić information content (AvgIpc) is 2.32. The van der Waals surface area contributed by atoms with Gasteiger partial charge in [-0.25, -0.2) is 9.97 Å². The Bertz CT molecular complexity index is 577. The van der Waals surface area contributed by atoms with Crippen molar-refractivity contribution in [1.29, 1.82) is 0 Å². The molecule has 2 aromatic rings. The van der Waals surface area contributed by atoms with E-state index in [0.717, 1.165) is 5.52 Å². The first kappa shape index (κ1) is 10.1. The second kappa shape index (κ2) is 3.98. The molecule has 0 saturated heterocycles. The minimum absolute atomic E-state index is 0.383. The standard InChI is InChI=1S/C11H10N4O/c12-4-8(5-16)7-1-2-10-9(3-7)11(13)15-6-14-10/h1-6H,12H2,(H2,13,14,15). The van der Waals surface area contributed by atoms with E-state index in [1.807, 2.05) is 0 Å². The maximum Gasteiger partial charge on any atom is 0.152 e. The number of aromatic nitrogens is 2. The molecule has 16 heavy (non-hydrogen) atoms. The molecule has 1 aromatic heterocycles. The van der Waals surface area contributed by atoms with Crippen LogP contribution in [0.5, 0.6) is 0 Å². The van der Waals surface area contributed by atoms with Crippen LogP contribution in [0, 0.1) is 0 Å². The van der Waals surface area contributed by atoms with Gasteiger partial charge < -0.3 is 11.5 Å². The lowest BCUT2D eigenvalue weighted by Crippen LogP contribution is -1.95. The van der Waals surface area contributed by atoms with Crippen LogP contribution in [-0.2, 0) is 4.79 Å².